The predicted molar refractivity (Wildman–Crippen MR) is 110 cm³/mol. The van der Waals surface area contributed by atoms with E-state index >= 15 is 0 Å². The number of sulfone groups is 1. The number of nitrogens with two attached hydrogens (primary N) is 1. The van der Waals surface area contributed by atoms with Crippen LogP contribution in [0.25, 0.3) is 11.0 Å². The number of nitrogen functional groups attached to an aromatic ring is 1. The fraction of sp³-hybridized carbons (Fsp3) is 0.400. The number of nitrogens with zero attached hydrogens (tertiary/aromatic N) is 3. The zero-order valence-corrected chi connectivity index (χ0v) is 17.6. The maximum Gasteiger partial charge on any atom is 0.181 e. The number of hydrogen-bond acceptors (Lipinski definition) is 6. The van der Waals surface area contributed by atoms with Crippen LogP contribution in [0, 0.1) is 18.6 Å². The summed E-state index contributed by atoms with van der Waals surface area (Å²) in [4.78, 5) is 8.00. The van der Waals surface area contributed by atoms with E-state index in [0.717, 1.165) is 23.2 Å². The SMILES string of the molecule is COCC(CCCCS(=O)(=O)c1ccc(F)cc1F)n1cnc2c(N)ncc(C)c21. The highest BCUT2D eigenvalue weighted by molar-refractivity contribution is 7.91. The number of aromatic nitrogens is 3. The monoisotopic (exact) mass is 438 g/mol. The molecule has 0 aliphatic carbocycles. The standard InChI is InChI=1S/C20H24F2N4O3S/c1-13-10-24-20(23)18-19(13)26(12-25-18)15(11-29-2)5-3-4-8-30(27,28)17-7-6-14(21)9-16(17)22/h6-7,9-10,12,15H,3-5,8,11H2,1-2H3,(H2,23,24). The van der Waals surface area contributed by atoms with Gasteiger partial charge < -0.3 is 15.0 Å². The third-order valence-electron chi connectivity index (χ3n) is 4.99. The first-order chi connectivity index (χ1) is 14.2. The number of rotatable bonds is 9. The zero-order valence-electron chi connectivity index (χ0n) is 16.8. The van der Waals surface area contributed by atoms with Crippen molar-refractivity contribution < 1.29 is 21.9 Å². The van der Waals surface area contributed by atoms with Gasteiger partial charge in [0.2, 0.25) is 0 Å². The summed E-state index contributed by atoms with van der Waals surface area (Å²) >= 11 is 0. The predicted octanol–water partition coefficient (Wildman–Crippen LogP) is 3.43. The van der Waals surface area contributed by atoms with Gasteiger partial charge in [0.15, 0.2) is 15.7 Å². The summed E-state index contributed by atoms with van der Waals surface area (Å²) in [5.74, 6) is -1.76. The number of benzene rings is 1. The van der Waals surface area contributed by atoms with E-state index in [4.69, 9.17) is 10.5 Å². The molecular weight excluding hydrogens is 414 g/mol. The second-order valence-corrected chi connectivity index (χ2v) is 9.25. The van der Waals surface area contributed by atoms with Gasteiger partial charge in [-0.1, -0.05) is 6.42 Å². The Labute approximate surface area is 173 Å². The summed E-state index contributed by atoms with van der Waals surface area (Å²) in [6, 6.07) is 2.41. The minimum atomic E-state index is -3.84. The average Bonchev–Trinajstić information content (AvgIpc) is 3.13. The third kappa shape index (κ3) is 4.59. The van der Waals surface area contributed by atoms with Gasteiger partial charge in [0.25, 0.3) is 0 Å². The minimum Gasteiger partial charge on any atom is -0.383 e. The van der Waals surface area contributed by atoms with Crippen molar-refractivity contribution in [2.24, 2.45) is 0 Å². The quantitative estimate of drug-likeness (QED) is 0.406. The summed E-state index contributed by atoms with van der Waals surface area (Å²) < 4.78 is 59.0. The Bertz CT molecular complexity index is 1150. The Hall–Kier alpha value is -2.59. The highest BCUT2D eigenvalue weighted by atomic mass is 32.2. The second-order valence-electron chi connectivity index (χ2n) is 7.17. The molecule has 0 saturated heterocycles. The molecular formula is C20H24F2N4O3S. The van der Waals surface area contributed by atoms with E-state index in [1.54, 1.807) is 19.6 Å². The van der Waals surface area contributed by atoms with Crippen LogP contribution in [0.15, 0.2) is 35.6 Å². The van der Waals surface area contributed by atoms with Crippen molar-refractivity contribution in [3.63, 3.8) is 0 Å². The van der Waals surface area contributed by atoms with Gasteiger partial charge in [0.1, 0.15) is 22.0 Å². The number of hydrogen-bond donors (Lipinski definition) is 1. The fourth-order valence-corrected chi connectivity index (χ4v) is 4.94. The smallest absolute Gasteiger partial charge is 0.181 e. The molecule has 0 radical (unpaired) electrons. The molecule has 0 aliphatic rings. The van der Waals surface area contributed by atoms with Crippen LogP contribution in [-0.2, 0) is 14.6 Å². The molecule has 10 heteroatoms. The van der Waals surface area contributed by atoms with Gasteiger partial charge >= 0.3 is 0 Å². The average molecular weight is 439 g/mol. The number of ether oxygens (including phenoxy) is 1. The topological polar surface area (TPSA) is 100 Å². The number of unbranched alkanes of at least 4 members (excludes halogenated alkanes) is 1. The summed E-state index contributed by atoms with van der Waals surface area (Å²) in [7, 11) is -2.24. The molecule has 1 aromatic carbocycles. The Morgan fingerprint density at radius 2 is 2.00 bits per heavy atom. The summed E-state index contributed by atoms with van der Waals surface area (Å²) in [5.41, 5.74) is 8.33. The van der Waals surface area contributed by atoms with E-state index in [1.165, 1.54) is 0 Å². The van der Waals surface area contributed by atoms with E-state index in [9.17, 15) is 17.2 Å². The normalized spacial score (nSPS) is 13.1. The fourth-order valence-electron chi connectivity index (χ4n) is 3.51. The van der Waals surface area contributed by atoms with Crippen molar-refractivity contribution >= 4 is 26.7 Å². The number of halogens is 2. The lowest BCUT2D eigenvalue weighted by Crippen LogP contribution is -2.15. The van der Waals surface area contributed by atoms with Gasteiger partial charge in [-0.15, -0.1) is 0 Å². The van der Waals surface area contributed by atoms with Gasteiger partial charge in [0.05, 0.1) is 30.2 Å². The van der Waals surface area contributed by atoms with Crippen LogP contribution >= 0.6 is 0 Å². The van der Waals surface area contributed by atoms with Crippen LogP contribution in [0.4, 0.5) is 14.6 Å². The number of fused-ring (bicyclic) bond motifs is 1. The maximum absolute atomic E-state index is 13.8. The maximum atomic E-state index is 13.8. The number of imidazole rings is 1. The Morgan fingerprint density at radius 3 is 2.70 bits per heavy atom. The zero-order chi connectivity index (χ0) is 21.9. The molecule has 2 N–H and O–H groups in total. The first-order valence-electron chi connectivity index (χ1n) is 9.49. The van der Waals surface area contributed by atoms with E-state index in [0.29, 0.717) is 43.3 Å². The largest absolute Gasteiger partial charge is 0.383 e. The highest BCUT2D eigenvalue weighted by Crippen LogP contribution is 2.27. The van der Waals surface area contributed by atoms with Gasteiger partial charge in [-0.2, -0.15) is 0 Å². The van der Waals surface area contributed by atoms with E-state index in [-0.39, 0.29) is 11.8 Å². The molecule has 0 saturated carbocycles. The van der Waals surface area contributed by atoms with Crippen LogP contribution in [0.5, 0.6) is 0 Å². The molecule has 0 spiro atoms. The van der Waals surface area contributed by atoms with Gasteiger partial charge in [-0.25, -0.2) is 27.2 Å². The molecule has 2 heterocycles. The molecule has 7 nitrogen and oxygen atoms in total. The van der Waals surface area contributed by atoms with E-state index in [2.05, 4.69) is 9.97 Å². The van der Waals surface area contributed by atoms with Gasteiger partial charge in [-0.3, -0.25) is 0 Å². The molecule has 0 aliphatic heterocycles. The lowest BCUT2D eigenvalue weighted by molar-refractivity contribution is 0.151. The molecule has 162 valence electrons. The van der Waals surface area contributed by atoms with Gasteiger partial charge in [-0.05, 0) is 37.5 Å². The molecule has 0 bridgehead atoms. The van der Waals surface area contributed by atoms with Gasteiger partial charge in [0, 0.05) is 19.4 Å². The number of pyridine rings is 1. The van der Waals surface area contributed by atoms with Crippen LogP contribution in [0.1, 0.15) is 30.9 Å². The highest BCUT2D eigenvalue weighted by Gasteiger charge is 2.21. The molecule has 0 amide bonds. The number of aryl methyl sites for hydroxylation is 1. The van der Waals surface area contributed by atoms with Crippen molar-refractivity contribution in [1.29, 1.82) is 0 Å². The number of methoxy groups -OCH3 is 1. The van der Waals surface area contributed by atoms with Crippen LogP contribution < -0.4 is 5.73 Å². The van der Waals surface area contributed by atoms with Crippen molar-refractivity contribution in [2.75, 3.05) is 25.2 Å². The minimum absolute atomic E-state index is 0.0780. The Morgan fingerprint density at radius 1 is 1.23 bits per heavy atom. The lowest BCUT2D eigenvalue weighted by Gasteiger charge is -2.19. The summed E-state index contributed by atoms with van der Waals surface area (Å²) in [6.45, 7) is 2.33. The third-order valence-corrected chi connectivity index (χ3v) is 6.82. The first-order valence-corrected chi connectivity index (χ1v) is 11.1. The molecule has 30 heavy (non-hydrogen) atoms. The molecule has 2 aromatic heterocycles. The van der Waals surface area contributed by atoms with Crippen molar-refractivity contribution in [2.45, 2.75) is 37.1 Å². The molecule has 0 fully saturated rings. The van der Waals surface area contributed by atoms with Crippen LogP contribution in [0.3, 0.4) is 0 Å². The Balaban J connectivity index is 1.70. The van der Waals surface area contributed by atoms with Crippen LogP contribution in [-0.4, -0.2) is 42.4 Å². The van der Waals surface area contributed by atoms with Crippen LogP contribution in [0.2, 0.25) is 0 Å². The van der Waals surface area contributed by atoms with E-state index < -0.39 is 26.4 Å². The summed E-state index contributed by atoms with van der Waals surface area (Å²) in [6.07, 6.45) is 4.89. The van der Waals surface area contributed by atoms with Crippen molar-refractivity contribution in [3.8, 4) is 0 Å². The number of anilines is 1. The lowest BCUT2D eigenvalue weighted by atomic mass is 10.1. The van der Waals surface area contributed by atoms with Crippen molar-refractivity contribution in [3.05, 3.63) is 47.9 Å². The molecule has 3 aromatic rings. The summed E-state index contributed by atoms with van der Waals surface area (Å²) in [5, 5.41) is 0. The second kappa shape index (κ2) is 9.05. The first kappa shape index (κ1) is 22.1. The molecule has 1 atom stereocenters. The molecule has 3 rings (SSSR count). The van der Waals surface area contributed by atoms with E-state index in [1.807, 2.05) is 11.5 Å². The Kier molecular flexibility index (Phi) is 6.67. The molecule has 1 unspecified atom stereocenters. The van der Waals surface area contributed by atoms with Crippen molar-refractivity contribution in [1.82, 2.24) is 14.5 Å².